The molecule has 2 nitrogen and oxygen atoms in total. The van der Waals surface area contributed by atoms with Crippen molar-refractivity contribution in [3.05, 3.63) is 0 Å². The van der Waals surface area contributed by atoms with Crippen LogP contribution in [0, 0.1) is 0 Å². The third-order valence-corrected chi connectivity index (χ3v) is 0.492. The summed E-state index contributed by atoms with van der Waals surface area (Å²) in [5.41, 5.74) is 0. The minimum Gasteiger partial charge on any atom is -0.420 e. The fraction of sp³-hybridized carbons (Fsp3) is 0.500. The van der Waals surface area contributed by atoms with E-state index >= 15 is 0 Å². The van der Waals surface area contributed by atoms with Crippen LogP contribution in [-0.4, -0.2) is 23.4 Å². The third-order valence-electron chi connectivity index (χ3n) is 0.203. The second-order valence-corrected chi connectivity index (χ2v) is 1.15. The fourth-order valence-electron chi connectivity index (χ4n) is 0.0589. The Kier molecular flexibility index (Phi) is 3.73. The maximum absolute atomic E-state index is 9.18. The van der Waals surface area contributed by atoms with Gasteiger partial charge in [0.1, 0.15) is 10.5 Å². The van der Waals surface area contributed by atoms with Crippen molar-refractivity contribution in [2.75, 3.05) is 6.61 Å². The second kappa shape index (κ2) is 3.85. The molecule has 5 heavy (non-hydrogen) atoms. The molecule has 0 saturated heterocycles. The molecular weight excluding hydrogens is 84.1 g/mol. The molecule has 1 radical (unpaired) electrons. The van der Waals surface area contributed by atoms with E-state index in [2.05, 4.69) is 4.43 Å². The van der Waals surface area contributed by atoms with E-state index in [-0.39, 0.29) is 6.61 Å². The highest BCUT2D eigenvalue weighted by Crippen LogP contribution is 1.48. The summed E-state index contributed by atoms with van der Waals surface area (Å²) in [6.45, 7) is 0.145. The average molecular weight is 89.1 g/mol. The number of hydrogen-bond donors (Lipinski definition) is 0. The highest BCUT2D eigenvalue weighted by molar-refractivity contribution is 5.98. The van der Waals surface area contributed by atoms with E-state index in [4.69, 9.17) is 0 Å². The lowest BCUT2D eigenvalue weighted by molar-refractivity contribution is 0.400. The Bertz CT molecular complexity index is 28.8. The Labute approximate surface area is 33.7 Å². The molecule has 0 unspecified atom stereocenters. The van der Waals surface area contributed by atoms with Gasteiger partial charge in [-0.1, -0.05) is 0 Å². The number of carbonyl (C=O) groups excluding carboxylic acids is 1. The maximum Gasteiger partial charge on any atom is 0.224 e. The van der Waals surface area contributed by atoms with Gasteiger partial charge < -0.3 is 4.43 Å². The van der Waals surface area contributed by atoms with E-state index < -0.39 is 0 Å². The molecule has 0 amide bonds. The summed E-state index contributed by atoms with van der Waals surface area (Å²) in [6.07, 6.45) is 1.58. The van der Waals surface area contributed by atoms with E-state index in [1.807, 2.05) is 0 Å². The molecule has 0 rings (SSSR count). The standard InChI is InChI=1S/C2H5O2Si/c3-1-2-4-5/h2H2,5H3. The van der Waals surface area contributed by atoms with Gasteiger partial charge in [-0.15, -0.1) is 0 Å². The summed E-state index contributed by atoms with van der Waals surface area (Å²) in [5, 5.41) is 0. The van der Waals surface area contributed by atoms with Gasteiger partial charge in [0.15, 0.2) is 0 Å². The third kappa shape index (κ3) is 3.85. The van der Waals surface area contributed by atoms with Crippen LogP contribution < -0.4 is 0 Å². The molecule has 0 N–H and O–H groups in total. The predicted octanol–water partition coefficient (Wildman–Crippen LogP) is -1.61. The van der Waals surface area contributed by atoms with Crippen molar-refractivity contribution >= 4 is 16.8 Å². The van der Waals surface area contributed by atoms with Crippen LogP contribution in [0.15, 0.2) is 0 Å². The second-order valence-electron chi connectivity index (χ2n) is 0.577. The topological polar surface area (TPSA) is 26.3 Å². The van der Waals surface area contributed by atoms with Crippen molar-refractivity contribution in [3.8, 4) is 0 Å². The van der Waals surface area contributed by atoms with Gasteiger partial charge in [0.25, 0.3) is 0 Å². The lowest BCUT2D eigenvalue weighted by Gasteiger charge is -1.75. The smallest absolute Gasteiger partial charge is 0.224 e. The van der Waals surface area contributed by atoms with E-state index in [1.165, 1.54) is 0 Å². The Morgan fingerprint density at radius 1 is 2.00 bits per heavy atom. The van der Waals surface area contributed by atoms with Crippen LogP contribution in [0.4, 0.5) is 0 Å². The molecule has 0 aliphatic carbocycles. The van der Waals surface area contributed by atoms with Crippen molar-refractivity contribution in [2.45, 2.75) is 0 Å². The Hall–Kier alpha value is -0.153. The Morgan fingerprint density at radius 2 is 2.60 bits per heavy atom. The van der Waals surface area contributed by atoms with Gasteiger partial charge >= 0.3 is 0 Å². The van der Waals surface area contributed by atoms with Gasteiger partial charge in [0, 0.05) is 0 Å². The fourth-order valence-corrected chi connectivity index (χ4v) is 0.177. The van der Waals surface area contributed by atoms with Crippen molar-refractivity contribution in [1.29, 1.82) is 0 Å². The largest absolute Gasteiger partial charge is 0.420 e. The van der Waals surface area contributed by atoms with Crippen LogP contribution in [0.25, 0.3) is 0 Å². The molecule has 0 aliphatic heterocycles. The molecule has 0 saturated carbocycles. The Balaban J connectivity index is 2.40. The first-order chi connectivity index (χ1) is 2.41. The monoisotopic (exact) mass is 89.0 g/mol. The Morgan fingerprint density at radius 3 is 2.60 bits per heavy atom. The quantitative estimate of drug-likeness (QED) is 0.381. The van der Waals surface area contributed by atoms with Crippen molar-refractivity contribution in [3.63, 3.8) is 0 Å². The summed E-state index contributed by atoms with van der Waals surface area (Å²) >= 11 is 0. The van der Waals surface area contributed by atoms with E-state index in [0.717, 1.165) is 0 Å². The minimum atomic E-state index is 0.145. The first-order valence-electron chi connectivity index (χ1n) is 1.25. The molecular formula is C2H5O2Si. The van der Waals surface area contributed by atoms with Gasteiger partial charge in [-0.2, -0.15) is 0 Å². The van der Waals surface area contributed by atoms with Gasteiger partial charge in [-0.3, -0.25) is 4.79 Å². The molecule has 0 spiro atoms. The summed E-state index contributed by atoms with van der Waals surface area (Å²) in [7, 11) is 0.636. The van der Waals surface area contributed by atoms with Crippen LogP contribution in [-0.2, 0) is 9.22 Å². The maximum atomic E-state index is 9.18. The number of rotatable bonds is 2. The lowest BCUT2D eigenvalue weighted by Crippen LogP contribution is -1.86. The van der Waals surface area contributed by atoms with Crippen LogP contribution >= 0.6 is 0 Å². The van der Waals surface area contributed by atoms with Gasteiger partial charge in [0.2, 0.25) is 6.29 Å². The van der Waals surface area contributed by atoms with E-state index in [9.17, 15) is 4.79 Å². The van der Waals surface area contributed by atoms with Gasteiger partial charge in [0.05, 0.1) is 6.61 Å². The lowest BCUT2D eigenvalue weighted by atomic mass is 10.9. The molecule has 0 bridgehead atoms. The molecule has 29 valence electrons. The summed E-state index contributed by atoms with van der Waals surface area (Å²) < 4.78 is 4.41. The average Bonchev–Trinajstić information content (AvgIpc) is 1.41. The van der Waals surface area contributed by atoms with Crippen molar-refractivity contribution < 1.29 is 9.22 Å². The van der Waals surface area contributed by atoms with Gasteiger partial charge in [-0.25, -0.2) is 0 Å². The minimum absolute atomic E-state index is 0.145. The number of hydrogen-bond acceptors (Lipinski definition) is 2. The van der Waals surface area contributed by atoms with Gasteiger partial charge in [-0.05, 0) is 0 Å². The van der Waals surface area contributed by atoms with Crippen molar-refractivity contribution in [1.82, 2.24) is 0 Å². The zero-order valence-electron chi connectivity index (χ0n) is 3.02. The molecule has 0 heterocycles. The first kappa shape index (κ1) is 4.85. The molecule has 0 aromatic rings. The van der Waals surface area contributed by atoms with E-state index in [1.54, 1.807) is 6.29 Å². The van der Waals surface area contributed by atoms with Crippen LogP contribution in [0.5, 0.6) is 0 Å². The van der Waals surface area contributed by atoms with Crippen LogP contribution in [0.1, 0.15) is 0 Å². The molecule has 0 fully saturated rings. The molecule has 0 aromatic heterocycles. The van der Waals surface area contributed by atoms with E-state index in [0.29, 0.717) is 10.5 Å². The summed E-state index contributed by atoms with van der Waals surface area (Å²) in [6, 6.07) is 0. The SMILES string of the molecule is O=[C]CO[SiH3]. The normalized spacial score (nSPS) is 8.00. The summed E-state index contributed by atoms with van der Waals surface area (Å²) in [5.74, 6) is 0. The highest BCUT2D eigenvalue weighted by atomic mass is 28.2. The predicted molar refractivity (Wildman–Crippen MR) is 21.6 cm³/mol. The molecule has 3 heteroatoms. The molecule has 0 atom stereocenters. The summed E-state index contributed by atoms with van der Waals surface area (Å²) in [4.78, 5) is 9.18. The molecule has 0 aliphatic rings. The zero-order chi connectivity index (χ0) is 4.12. The molecule has 0 aromatic carbocycles. The van der Waals surface area contributed by atoms with Crippen molar-refractivity contribution in [2.24, 2.45) is 0 Å². The highest BCUT2D eigenvalue weighted by Gasteiger charge is 1.66. The van der Waals surface area contributed by atoms with Crippen LogP contribution in [0.2, 0.25) is 0 Å². The first-order valence-corrected chi connectivity index (χ1v) is 2.07. The van der Waals surface area contributed by atoms with Crippen LogP contribution in [0.3, 0.4) is 0 Å². The zero-order valence-corrected chi connectivity index (χ0v) is 5.02.